The lowest BCUT2D eigenvalue weighted by molar-refractivity contribution is -0.143. The quantitative estimate of drug-likeness (QED) is 0.398. The molecule has 1 unspecified atom stereocenters. The fourth-order valence-corrected chi connectivity index (χ4v) is 3.88. The Bertz CT molecular complexity index is 1290. The van der Waals surface area contributed by atoms with Gasteiger partial charge in [0.1, 0.15) is 16.7 Å². The Hall–Kier alpha value is -3.58. The highest BCUT2D eigenvalue weighted by molar-refractivity contribution is 6.36. The lowest BCUT2D eigenvalue weighted by Gasteiger charge is -2.15. The molecule has 2 aromatic carbocycles. The minimum absolute atomic E-state index is 0.0198. The normalized spacial score (nSPS) is 15.7. The predicted octanol–water partition coefficient (Wildman–Crippen LogP) is 4.57. The summed E-state index contributed by atoms with van der Waals surface area (Å²) in [6, 6.07) is 14.8. The van der Waals surface area contributed by atoms with E-state index in [-0.39, 0.29) is 40.7 Å². The van der Waals surface area contributed by atoms with E-state index in [1.807, 2.05) is 36.4 Å². The van der Waals surface area contributed by atoms with Crippen LogP contribution in [0.3, 0.4) is 0 Å². The zero-order valence-corrected chi connectivity index (χ0v) is 18.1. The summed E-state index contributed by atoms with van der Waals surface area (Å²) in [6.45, 7) is 3.44. The van der Waals surface area contributed by atoms with Crippen LogP contribution in [0.4, 0.5) is 0 Å². The molecule has 4 rings (SSSR count). The van der Waals surface area contributed by atoms with Gasteiger partial charge < -0.3 is 18.6 Å². The molecule has 8 heteroatoms. The molecule has 164 valence electrons. The fraction of sp³-hybridized carbons (Fsp3) is 0.208. The van der Waals surface area contributed by atoms with Crippen molar-refractivity contribution in [3.8, 4) is 11.1 Å². The number of hydrogen-bond donors (Lipinski definition) is 0. The van der Waals surface area contributed by atoms with E-state index < -0.39 is 23.7 Å². The number of cyclic esters (lactones) is 1. The monoisotopic (exact) mass is 454 g/mol. The Morgan fingerprint density at radius 2 is 1.78 bits per heavy atom. The van der Waals surface area contributed by atoms with E-state index in [0.717, 1.165) is 11.1 Å². The Balaban J connectivity index is 1.90. The summed E-state index contributed by atoms with van der Waals surface area (Å²) < 4.78 is 21.2. The maximum Gasteiger partial charge on any atom is 0.375 e. The average Bonchev–Trinajstić information content (AvgIpc) is 3.10. The molecule has 3 aromatic rings. The van der Waals surface area contributed by atoms with Gasteiger partial charge in [0.2, 0.25) is 5.76 Å². The largest absolute Gasteiger partial charge is 0.486 e. The number of fused-ring (bicyclic) bond motifs is 1. The molecule has 1 aromatic heterocycles. The number of rotatable bonds is 6. The molecule has 1 aliphatic heterocycles. The number of ether oxygens (including phenoxy) is 3. The molecular weight excluding hydrogens is 436 g/mol. The van der Waals surface area contributed by atoms with Crippen molar-refractivity contribution in [3.63, 3.8) is 0 Å². The van der Waals surface area contributed by atoms with Gasteiger partial charge >= 0.3 is 17.6 Å². The van der Waals surface area contributed by atoms with E-state index in [1.165, 1.54) is 0 Å². The van der Waals surface area contributed by atoms with Gasteiger partial charge in [0.15, 0.2) is 6.10 Å². The molecule has 1 atom stereocenters. The maximum absolute atomic E-state index is 12.8. The first-order chi connectivity index (χ1) is 15.5. The Kier molecular flexibility index (Phi) is 6.01. The van der Waals surface area contributed by atoms with Gasteiger partial charge in [0, 0.05) is 5.39 Å². The highest BCUT2D eigenvalue weighted by atomic mass is 35.5. The van der Waals surface area contributed by atoms with E-state index >= 15 is 0 Å². The van der Waals surface area contributed by atoms with Crippen molar-refractivity contribution in [1.29, 1.82) is 0 Å². The van der Waals surface area contributed by atoms with Gasteiger partial charge in [-0.05, 0) is 37.1 Å². The van der Waals surface area contributed by atoms with Crippen LogP contribution in [0, 0.1) is 0 Å². The molecule has 2 heterocycles. The molecule has 0 fully saturated rings. The maximum atomic E-state index is 12.8. The van der Waals surface area contributed by atoms with E-state index in [9.17, 15) is 14.4 Å². The Morgan fingerprint density at radius 3 is 2.47 bits per heavy atom. The van der Waals surface area contributed by atoms with Crippen LogP contribution in [-0.2, 0) is 23.8 Å². The van der Waals surface area contributed by atoms with Gasteiger partial charge in [-0.15, -0.1) is 0 Å². The molecule has 32 heavy (non-hydrogen) atoms. The first-order valence-electron chi connectivity index (χ1n) is 10.0. The van der Waals surface area contributed by atoms with Gasteiger partial charge in [-0.25, -0.2) is 14.4 Å². The summed E-state index contributed by atoms with van der Waals surface area (Å²) in [4.78, 5) is 37.9. The second-order valence-corrected chi connectivity index (χ2v) is 7.25. The molecule has 0 N–H and O–H groups in total. The highest BCUT2D eigenvalue weighted by Crippen LogP contribution is 2.40. The lowest BCUT2D eigenvalue weighted by Crippen LogP contribution is -2.20. The van der Waals surface area contributed by atoms with Gasteiger partial charge in [0.25, 0.3) is 0 Å². The molecular formula is C24H19ClO7. The molecule has 0 saturated heterocycles. The Labute approximate surface area is 188 Å². The van der Waals surface area contributed by atoms with Gasteiger partial charge in [-0.2, -0.15) is 0 Å². The fourth-order valence-electron chi connectivity index (χ4n) is 3.55. The topological polar surface area (TPSA) is 92.0 Å². The van der Waals surface area contributed by atoms with Crippen molar-refractivity contribution < 1.29 is 28.2 Å². The predicted molar refractivity (Wildman–Crippen MR) is 117 cm³/mol. The Morgan fingerprint density at radius 1 is 1.03 bits per heavy atom. The molecule has 0 aliphatic carbocycles. The second kappa shape index (κ2) is 8.88. The van der Waals surface area contributed by atoms with Crippen molar-refractivity contribution in [2.75, 3.05) is 13.2 Å². The van der Waals surface area contributed by atoms with Gasteiger partial charge in [-0.1, -0.05) is 48.0 Å². The molecule has 0 radical (unpaired) electrons. The zero-order valence-electron chi connectivity index (χ0n) is 17.3. The molecule has 7 nitrogen and oxygen atoms in total. The van der Waals surface area contributed by atoms with Crippen LogP contribution >= 0.6 is 11.6 Å². The molecule has 0 spiro atoms. The summed E-state index contributed by atoms with van der Waals surface area (Å²) in [5, 5.41) is 0.457. The molecule has 0 saturated carbocycles. The van der Waals surface area contributed by atoms with Crippen LogP contribution in [0.1, 0.15) is 25.5 Å². The van der Waals surface area contributed by atoms with E-state index in [4.69, 9.17) is 30.2 Å². The number of hydrogen-bond acceptors (Lipinski definition) is 7. The smallest absolute Gasteiger partial charge is 0.375 e. The number of benzene rings is 2. The summed E-state index contributed by atoms with van der Waals surface area (Å²) in [5.74, 6) is -2.02. The number of carbonyl (C=O) groups is 2. The third kappa shape index (κ3) is 3.76. The second-order valence-electron chi connectivity index (χ2n) is 6.88. The number of halogens is 1. The first kappa shape index (κ1) is 21.6. The summed E-state index contributed by atoms with van der Waals surface area (Å²) in [5.41, 5.74) is 0.837. The molecule has 0 amide bonds. The van der Waals surface area contributed by atoms with Gasteiger partial charge in [0.05, 0.1) is 18.2 Å². The van der Waals surface area contributed by atoms with Crippen molar-refractivity contribution in [2.24, 2.45) is 0 Å². The van der Waals surface area contributed by atoms with Crippen LogP contribution in [0.25, 0.3) is 22.1 Å². The van der Waals surface area contributed by atoms with Crippen LogP contribution in [0.5, 0.6) is 0 Å². The minimum atomic E-state index is -1.41. The van der Waals surface area contributed by atoms with Crippen LogP contribution in [-0.4, -0.2) is 25.2 Å². The summed E-state index contributed by atoms with van der Waals surface area (Å²) in [7, 11) is 0. The van der Waals surface area contributed by atoms with E-state index in [0.29, 0.717) is 5.39 Å². The van der Waals surface area contributed by atoms with Crippen LogP contribution in [0.15, 0.2) is 69.1 Å². The number of esters is 2. The SMILES string of the molecule is CCOC(=O)C1=C(OCC)C(=O)OC1c1c(Cl)c2cc(-c3ccccc3)ccc2oc1=O. The van der Waals surface area contributed by atoms with Crippen molar-refractivity contribution in [2.45, 2.75) is 20.0 Å². The minimum Gasteiger partial charge on any atom is -0.486 e. The van der Waals surface area contributed by atoms with E-state index in [2.05, 4.69) is 0 Å². The van der Waals surface area contributed by atoms with Crippen molar-refractivity contribution >= 4 is 34.5 Å². The zero-order chi connectivity index (χ0) is 22.8. The molecule has 1 aliphatic rings. The number of carbonyl (C=O) groups excluding carboxylic acids is 2. The molecule has 0 bridgehead atoms. The van der Waals surface area contributed by atoms with Crippen LogP contribution < -0.4 is 5.63 Å². The third-order valence-electron chi connectivity index (χ3n) is 4.95. The summed E-state index contributed by atoms with van der Waals surface area (Å²) >= 11 is 6.64. The standard InChI is InChI=1S/C24H19ClO7/c1-3-29-21-18(22(26)30-4-2)20(32-24(21)28)17-19(25)15-12-14(13-8-6-5-7-9-13)10-11-16(15)31-23(17)27/h5-12,20H,3-4H2,1-2H3. The first-order valence-corrected chi connectivity index (χ1v) is 10.4. The average molecular weight is 455 g/mol. The van der Waals surface area contributed by atoms with Gasteiger partial charge in [-0.3, -0.25) is 0 Å². The van der Waals surface area contributed by atoms with Crippen molar-refractivity contribution in [1.82, 2.24) is 0 Å². The summed E-state index contributed by atoms with van der Waals surface area (Å²) in [6.07, 6.45) is -1.41. The van der Waals surface area contributed by atoms with Crippen molar-refractivity contribution in [3.05, 3.63) is 80.9 Å². The third-order valence-corrected chi connectivity index (χ3v) is 5.35. The van der Waals surface area contributed by atoms with Crippen LogP contribution in [0.2, 0.25) is 5.02 Å². The lowest BCUT2D eigenvalue weighted by atomic mass is 9.99. The highest BCUT2D eigenvalue weighted by Gasteiger charge is 2.44. The van der Waals surface area contributed by atoms with E-state index in [1.54, 1.807) is 26.0 Å².